The van der Waals surface area contributed by atoms with Gasteiger partial charge in [0.15, 0.2) is 0 Å². The third kappa shape index (κ3) is 6.48. The zero-order valence-electron chi connectivity index (χ0n) is 18.0. The molecule has 0 fully saturated rings. The van der Waals surface area contributed by atoms with Crippen LogP contribution in [0, 0.1) is 0 Å². The van der Waals surface area contributed by atoms with E-state index in [4.69, 9.17) is 0 Å². The second kappa shape index (κ2) is 12.6. The van der Waals surface area contributed by atoms with Crippen LogP contribution in [0.25, 0.3) is 0 Å². The third-order valence-corrected chi connectivity index (χ3v) is 16.8. The van der Waals surface area contributed by atoms with Crippen molar-refractivity contribution >= 4 is 46.3 Å². The Morgan fingerprint density at radius 2 is 0.567 bits per heavy atom. The summed E-state index contributed by atoms with van der Waals surface area (Å²) in [7, 11) is 0. The van der Waals surface area contributed by atoms with Gasteiger partial charge in [0.05, 0.1) is 0 Å². The molecule has 0 heterocycles. The predicted octanol–water partition coefficient (Wildman–Crippen LogP) is 4.63. The molecule has 4 aromatic carbocycles. The van der Waals surface area contributed by atoms with E-state index in [0.29, 0.717) is 0 Å². The Morgan fingerprint density at radius 3 is 0.733 bits per heavy atom. The fraction of sp³-hybridized carbons (Fsp3) is 0.143. The van der Waals surface area contributed by atoms with Crippen LogP contribution in [0.1, 0.15) is 13.8 Å². The number of hydrogen-bond donors (Lipinski definition) is 0. The molecule has 0 unspecified atom stereocenters. The van der Waals surface area contributed by atoms with Crippen molar-refractivity contribution in [1.29, 1.82) is 0 Å². The van der Waals surface area contributed by atoms with Crippen molar-refractivity contribution in [2.24, 2.45) is 0 Å². The summed E-state index contributed by atoms with van der Waals surface area (Å²) < 4.78 is 6.30. The Kier molecular flexibility index (Phi) is 9.52. The molecule has 2 heteroatoms. The molecule has 0 aliphatic carbocycles. The molecule has 4 aromatic rings. The molecule has 30 heavy (non-hydrogen) atoms. The molecule has 0 nitrogen and oxygen atoms in total. The maximum absolute atomic E-state index is 2.31. The molecule has 0 spiro atoms. The average molecular weight is 512 g/mol. The molecule has 0 atom stereocenters. The quantitative estimate of drug-likeness (QED) is 0.331. The van der Waals surface area contributed by atoms with Gasteiger partial charge in [-0.05, 0) is 0 Å². The minimum atomic E-state index is -1.22. The first kappa shape index (κ1) is 22.6. The Balaban J connectivity index is 0.000000171. The summed E-state index contributed by atoms with van der Waals surface area (Å²) in [6.45, 7) is 4.63. The normalized spacial score (nSPS) is 10.5. The molecule has 0 amide bonds. The van der Waals surface area contributed by atoms with Gasteiger partial charge in [0.1, 0.15) is 0 Å². The van der Waals surface area contributed by atoms with E-state index in [2.05, 4.69) is 135 Å². The molecule has 0 saturated carbocycles. The molecule has 0 bridgehead atoms. The molecule has 0 aromatic heterocycles. The summed E-state index contributed by atoms with van der Waals surface area (Å²) in [6.07, 6.45) is 0. The van der Waals surface area contributed by atoms with E-state index >= 15 is 0 Å². The Morgan fingerprint density at radius 1 is 0.367 bits per heavy atom. The van der Waals surface area contributed by atoms with Crippen molar-refractivity contribution in [2.75, 3.05) is 0 Å². The summed E-state index contributed by atoms with van der Waals surface area (Å²) in [6, 6.07) is 43.9. The van der Waals surface area contributed by atoms with Crippen molar-refractivity contribution in [2.45, 2.75) is 24.4 Å². The van der Waals surface area contributed by atoms with Gasteiger partial charge in [0.25, 0.3) is 0 Å². The van der Waals surface area contributed by atoms with Gasteiger partial charge in [-0.25, -0.2) is 0 Å². The molecule has 0 N–H and O–H groups in total. The molecule has 0 aliphatic heterocycles. The first-order chi connectivity index (χ1) is 14.8. The Hall–Kier alpha value is -2.03. The van der Waals surface area contributed by atoms with E-state index in [0.717, 1.165) is 0 Å². The molecule has 2 radical (unpaired) electrons. The topological polar surface area (TPSA) is 0 Å². The fourth-order valence-electron chi connectivity index (χ4n) is 3.71. The van der Waals surface area contributed by atoms with Gasteiger partial charge in [-0.2, -0.15) is 0 Å². The summed E-state index contributed by atoms with van der Waals surface area (Å²) in [4.78, 5) is 0. The van der Waals surface area contributed by atoms with Crippen LogP contribution in [-0.2, 0) is 0 Å². The number of rotatable bonds is 6. The van der Waals surface area contributed by atoms with Gasteiger partial charge in [0.2, 0.25) is 0 Å². The zero-order valence-corrected chi connectivity index (χ0v) is 22.2. The second-order valence-electron chi connectivity index (χ2n) is 7.13. The van der Waals surface area contributed by atoms with E-state index in [1.165, 1.54) is 10.5 Å². The first-order valence-electron chi connectivity index (χ1n) is 10.8. The van der Waals surface area contributed by atoms with E-state index < -0.39 is 28.7 Å². The fourth-order valence-corrected chi connectivity index (χ4v) is 13.5. The number of hydrogen-bond acceptors (Lipinski definition) is 0. The molecular weight excluding hydrogens is 482 g/mol. The van der Waals surface area contributed by atoms with Crippen LogP contribution < -0.4 is 17.6 Å². The molecule has 150 valence electrons. The van der Waals surface area contributed by atoms with Gasteiger partial charge in [-0.15, -0.1) is 0 Å². The zero-order chi connectivity index (χ0) is 21.0. The van der Waals surface area contributed by atoms with Crippen molar-refractivity contribution in [1.82, 2.24) is 0 Å². The van der Waals surface area contributed by atoms with Gasteiger partial charge in [-0.3, -0.25) is 0 Å². The third-order valence-electron chi connectivity index (χ3n) is 5.20. The first-order valence-corrected chi connectivity index (χ1v) is 17.9. The van der Waals surface area contributed by atoms with E-state index in [9.17, 15) is 0 Å². The van der Waals surface area contributed by atoms with Crippen LogP contribution in [0.5, 0.6) is 0 Å². The van der Waals surface area contributed by atoms with Crippen LogP contribution in [0.4, 0.5) is 0 Å². The monoisotopic (exact) mass is 514 g/mol. The summed E-state index contributed by atoms with van der Waals surface area (Å²) in [5, 5.41) is 2.63. The minimum absolute atomic E-state index is 1.22. The van der Waals surface area contributed by atoms with E-state index in [1.807, 2.05) is 0 Å². The van der Waals surface area contributed by atoms with E-state index in [1.54, 1.807) is 17.6 Å². The SMILES string of the molecule is C[CH2][Ge]([c]1ccccc1)[c]1ccccc1.C[CH2][Ge]([c]1ccccc1)[c]1ccccc1. The summed E-state index contributed by atoms with van der Waals surface area (Å²) >= 11 is -2.44. The van der Waals surface area contributed by atoms with Crippen LogP contribution >= 0.6 is 0 Å². The van der Waals surface area contributed by atoms with Crippen LogP contribution in [-0.4, -0.2) is 28.7 Å². The number of benzene rings is 4. The standard InChI is InChI=1S/2C14H15Ge/c2*1-2-15(13-9-5-3-6-10-13)14-11-7-4-8-12-14/h2*3-12H,2H2,1H3. The van der Waals surface area contributed by atoms with Crippen LogP contribution in [0.15, 0.2) is 121 Å². The predicted molar refractivity (Wildman–Crippen MR) is 137 cm³/mol. The maximum atomic E-state index is 2.31. The van der Waals surface area contributed by atoms with Crippen molar-refractivity contribution in [3.63, 3.8) is 0 Å². The molecule has 4 rings (SSSR count). The second-order valence-corrected chi connectivity index (χ2v) is 19.0. The van der Waals surface area contributed by atoms with Gasteiger partial charge < -0.3 is 0 Å². The van der Waals surface area contributed by atoms with Crippen LogP contribution in [0.2, 0.25) is 10.5 Å². The average Bonchev–Trinajstić information content (AvgIpc) is 2.83. The molecular formula is C28H30Ge2. The van der Waals surface area contributed by atoms with Crippen molar-refractivity contribution in [3.05, 3.63) is 121 Å². The van der Waals surface area contributed by atoms with E-state index in [-0.39, 0.29) is 0 Å². The van der Waals surface area contributed by atoms with Crippen molar-refractivity contribution in [3.8, 4) is 0 Å². The molecule has 0 aliphatic rings. The Bertz CT molecular complexity index is 792. The van der Waals surface area contributed by atoms with Gasteiger partial charge in [-0.1, -0.05) is 0 Å². The van der Waals surface area contributed by atoms with Gasteiger partial charge in [0, 0.05) is 0 Å². The molecule has 0 saturated heterocycles. The van der Waals surface area contributed by atoms with Crippen LogP contribution in [0.3, 0.4) is 0 Å². The van der Waals surface area contributed by atoms with Crippen molar-refractivity contribution < 1.29 is 0 Å². The Labute approximate surface area is 191 Å². The summed E-state index contributed by atoms with van der Waals surface area (Å²) in [5.41, 5.74) is 0. The van der Waals surface area contributed by atoms with Gasteiger partial charge >= 0.3 is 192 Å². The summed E-state index contributed by atoms with van der Waals surface area (Å²) in [5.74, 6) is 0.